The molecule has 0 amide bonds. The molecule has 1 rings (SSSR count). The van der Waals surface area contributed by atoms with E-state index in [-0.39, 0.29) is 11.1 Å². The lowest BCUT2D eigenvalue weighted by atomic mass is 10.0. The number of carbonyl (C=O) groups is 1. The molecule has 0 fully saturated rings. The topological polar surface area (TPSA) is 26.3 Å². The highest BCUT2D eigenvalue weighted by molar-refractivity contribution is 7.98. The molecule has 0 unspecified atom stereocenters. The van der Waals surface area contributed by atoms with Crippen LogP contribution in [0.1, 0.15) is 27.9 Å². The zero-order chi connectivity index (χ0) is 12.3. The van der Waals surface area contributed by atoms with Crippen molar-refractivity contribution in [3.8, 4) is 0 Å². The van der Waals surface area contributed by atoms with Crippen LogP contribution >= 0.6 is 11.8 Å². The van der Waals surface area contributed by atoms with E-state index < -0.39 is 12.4 Å². The van der Waals surface area contributed by atoms with Crippen LogP contribution in [0.4, 0.5) is 8.78 Å². The summed E-state index contributed by atoms with van der Waals surface area (Å²) in [5.41, 5.74) is 0.394. The second kappa shape index (κ2) is 5.30. The van der Waals surface area contributed by atoms with E-state index in [9.17, 15) is 13.6 Å². The second-order valence-corrected chi connectivity index (χ2v) is 4.05. The van der Waals surface area contributed by atoms with Crippen LogP contribution in [-0.4, -0.2) is 19.3 Å². The summed E-state index contributed by atoms with van der Waals surface area (Å²) in [5.74, 6) is -0.731. The number of hydrogen-bond donors (Lipinski definition) is 0. The van der Waals surface area contributed by atoms with Crippen LogP contribution in [0.15, 0.2) is 17.0 Å². The Morgan fingerprint density at radius 1 is 1.44 bits per heavy atom. The molecule has 0 aromatic heterocycles. The fourth-order valence-electron chi connectivity index (χ4n) is 1.40. The number of halogens is 2. The Morgan fingerprint density at radius 3 is 2.50 bits per heavy atom. The van der Waals surface area contributed by atoms with E-state index in [4.69, 9.17) is 0 Å². The van der Waals surface area contributed by atoms with Gasteiger partial charge in [0.05, 0.1) is 12.7 Å². The quantitative estimate of drug-likeness (QED) is 0.603. The van der Waals surface area contributed by atoms with Gasteiger partial charge >= 0.3 is 5.97 Å². The molecule has 5 heteroatoms. The summed E-state index contributed by atoms with van der Waals surface area (Å²) in [6.07, 6.45) is -0.852. The molecule has 1 aromatic rings. The van der Waals surface area contributed by atoms with E-state index in [2.05, 4.69) is 4.74 Å². The van der Waals surface area contributed by atoms with Gasteiger partial charge in [0.1, 0.15) is 0 Å². The van der Waals surface area contributed by atoms with E-state index >= 15 is 0 Å². The number of hydrogen-bond acceptors (Lipinski definition) is 3. The molecule has 0 spiro atoms. The molecule has 0 aliphatic carbocycles. The molecule has 16 heavy (non-hydrogen) atoms. The Balaban J connectivity index is 3.36. The van der Waals surface area contributed by atoms with Gasteiger partial charge < -0.3 is 4.74 Å². The van der Waals surface area contributed by atoms with Gasteiger partial charge in [-0.2, -0.15) is 0 Å². The third-order valence-electron chi connectivity index (χ3n) is 2.21. The van der Waals surface area contributed by atoms with Crippen LogP contribution in [-0.2, 0) is 4.74 Å². The number of rotatable bonds is 3. The smallest absolute Gasteiger partial charge is 0.338 e. The molecule has 0 saturated carbocycles. The monoisotopic (exact) mass is 246 g/mol. The highest BCUT2D eigenvalue weighted by atomic mass is 32.2. The molecule has 0 bridgehead atoms. The Labute approximate surface area is 97.0 Å². The molecule has 0 aliphatic rings. The lowest BCUT2D eigenvalue weighted by Crippen LogP contribution is -2.07. The second-order valence-electron chi connectivity index (χ2n) is 3.20. The van der Waals surface area contributed by atoms with Gasteiger partial charge in [0, 0.05) is 10.5 Å². The van der Waals surface area contributed by atoms with E-state index in [1.54, 1.807) is 6.92 Å². The standard InChI is InChI=1S/C11H12F2O2S/c1-6-4-7(10(12)13)8(11(14)15-2)5-9(6)16-3/h4-5,10H,1-3H3. The number of benzene rings is 1. The maximum atomic E-state index is 12.7. The van der Waals surface area contributed by atoms with E-state index in [0.717, 1.165) is 10.5 Å². The fraction of sp³-hybridized carbons (Fsp3) is 0.364. The first-order valence-electron chi connectivity index (χ1n) is 4.56. The van der Waals surface area contributed by atoms with Gasteiger partial charge in [0.15, 0.2) is 0 Å². The van der Waals surface area contributed by atoms with Crippen LogP contribution in [0.2, 0.25) is 0 Å². The molecular formula is C11H12F2O2S. The molecule has 0 atom stereocenters. The van der Waals surface area contributed by atoms with Gasteiger partial charge in [-0.3, -0.25) is 0 Å². The first kappa shape index (κ1) is 13.0. The lowest BCUT2D eigenvalue weighted by Gasteiger charge is -2.11. The van der Waals surface area contributed by atoms with E-state index in [0.29, 0.717) is 0 Å². The first-order chi connectivity index (χ1) is 7.51. The van der Waals surface area contributed by atoms with Crippen molar-refractivity contribution < 1.29 is 18.3 Å². The van der Waals surface area contributed by atoms with Gasteiger partial charge in [0.25, 0.3) is 6.43 Å². The minimum absolute atomic E-state index is 0.0625. The molecule has 1 aromatic carbocycles. The van der Waals surface area contributed by atoms with E-state index in [1.807, 2.05) is 6.26 Å². The number of alkyl halides is 2. The number of thioether (sulfide) groups is 1. The third kappa shape index (κ3) is 2.52. The maximum Gasteiger partial charge on any atom is 0.338 e. The number of methoxy groups -OCH3 is 1. The highest BCUT2D eigenvalue weighted by Gasteiger charge is 2.20. The Bertz CT molecular complexity index is 405. The Morgan fingerprint density at radius 2 is 2.06 bits per heavy atom. The molecule has 0 radical (unpaired) electrons. The van der Waals surface area contributed by atoms with Gasteiger partial charge in [-0.05, 0) is 30.9 Å². The van der Waals surface area contributed by atoms with Crippen molar-refractivity contribution in [2.45, 2.75) is 18.2 Å². The summed E-state index contributed by atoms with van der Waals surface area (Å²) in [6.45, 7) is 1.73. The largest absolute Gasteiger partial charge is 0.465 e. The zero-order valence-corrected chi connectivity index (χ0v) is 10.0. The van der Waals surface area contributed by atoms with Crippen molar-refractivity contribution in [3.63, 3.8) is 0 Å². The molecule has 0 N–H and O–H groups in total. The molecular weight excluding hydrogens is 234 g/mol. The minimum Gasteiger partial charge on any atom is -0.465 e. The molecule has 0 aliphatic heterocycles. The predicted molar refractivity (Wildman–Crippen MR) is 59.3 cm³/mol. The predicted octanol–water partition coefficient (Wildman–Crippen LogP) is 3.44. The van der Waals surface area contributed by atoms with Crippen molar-refractivity contribution in [3.05, 3.63) is 28.8 Å². The van der Waals surface area contributed by atoms with Crippen LogP contribution in [0, 0.1) is 6.92 Å². The van der Waals surface area contributed by atoms with Gasteiger partial charge in [-0.15, -0.1) is 11.8 Å². The molecule has 0 heterocycles. The first-order valence-corrected chi connectivity index (χ1v) is 5.78. The highest BCUT2D eigenvalue weighted by Crippen LogP contribution is 2.30. The number of ether oxygens (including phenoxy) is 1. The fourth-order valence-corrected chi connectivity index (χ4v) is 2.01. The average Bonchev–Trinajstić information content (AvgIpc) is 2.27. The third-order valence-corrected chi connectivity index (χ3v) is 3.09. The maximum absolute atomic E-state index is 12.7. The van der Waals surface area contributed by atoms with Crippen molar-refractivity contribution >= 4 is 17.7 Å². The lowest BCUT2D eigenvalue weighted by molar-refractivity contribution is 0.0589. The summed E-state index contributed by atoms with van der Waals surface area (Å²) in [6, 6.07) is 2.79. The Kier molecular flexibility index (Phi) is 4.29. The van der Waals surface area contributed by atoms with Crippen LogP contribution in [0.5, 0.6) is 0 Å². The summed E-state index contributed by atoms with van der Waals surface area (Å²) < 4.78 is 29.9. The molecule has 2 nitrogen and oxygen atoms in total. The van der Waals surface area contributed by atoms with Crippen LogP contribution < -0.4 is 0 Å². The number of aryl methyl sites for hydroxylation is 1. The van der Waals surface area contributed by atoms with Gasteiger partial charge in [-0.1, -0.05) is 0 Å². The van der Waals surface area contributed by atoms with Crippen LogP contribution in [0.3, 0.4) is 0 Å². The average molecular weight is 246 g/mol. The number of esters is 1. The number of carbonyl (C=O) groups excluding carboxylic acids is 1. The Hall–Kier alpha value is -1.10. The summed E-state index contributed by atoms with van der Waals surface area (Å²) >= 11 is 1.41. The summed E-state index contributed by atoms with van der Waals surface area (Å²) in [4.78, 5) is 12.1. The molecule has 0 saturated heterocycles. The summed E-state index contributed by atoms with van der Waals surface area (Å²) in [5, 5.41) is 0. The van der Waals surface area contributed by atoms with Gasteiger partial charge in [0.2, 0.25) is 0 Å². The summed E-state index contributed by atoms with van der Waals surface area (Å²) in [7, 11) is 1.18. The molecule has 88 valence electrons. The van der Waals surface area contributed by atoms with Crippen molar-refractivity contribution in [2.75, 3.05) is 13.4 Å². The van der Waals surface area contributed by atoms with E-state index in [1.165, 1.54) is 31.0 Å². The SMILES string of the molecule is COC(=O)c1cc(SC)c(C)cc1C(F)F. The minimum atomic E-state index is -2.68. The normalized spacial score (nSPS) is 10.6. The van der Waals surface area contributed by atoms with Gasteiger partial charge in [-0.25, -0.2) is 13.6 Å². The zero-order valence-electron chi connectivity index (χ0n) is 9.21. The van der Waals surface area contributed by atoms with Crippen molar-refractivity contribution in [1.29, 1.82) is 0 Å². The van der Waals surface area contributed by atoms with Crippen LogP contribution in [0.25, 0.3) is 0 Å². The van der Waals surface area contributed by atoms with Crippen molar-refractivity contribution in [2.24, 2.45) is 0 Å². The van der Waals surface area contributed by atoms with Crippen molar-refractivity contribution in [1.82, 2.24) is 0 Å².